The molecule has 0 spiro atoms. The molecule has 8 heteroatoms. The van der Waals surface area contributed by atoms with Crippen LogP contribution in [0.1, 0.15) is 23.8 Å². The molecule has 19 heavy (non-hydrogen) atoms. The number of rotatable bonds is 2. The van der Waals surface area contributed by atoms with E-state index in [1.54, 1.807) is 10.9 Å². The van der Waals surface area contributed by atoms with Crippen molar-refractivity contribution in [2.45, 2.75) is 19.9 Å². The summed E-state index contributed by atoms with van der Waals surface area (Å²) in [6, 6.07) is 0. The topological polar surface area (TPSA) is 98.3 Å². The lowest BCUT2D eigenvalue weighted by atomic mass is 10.3. The monoisotopic (exact) mass is 286 g/mol. The van der Waals surface area contributed by atoms with Gasteiger partial charge in [-0.3, -0.25) is 9.48 Å². The minimum Gasteiger partial charge on any atom is -0.396 e. The number of anilines is 1. The molecule has 0 bridgehead atoms. The van der Waals surface area contributed by atoms with E-state index in [4.69, 9.17) is 5.73 Å². The van der Waals surface area contributed by atoms with Crippen molar-refractivity contribution in [3.63, 3.8) is 0 Å². The highest BCUT2D eigenvalue weighted by molar-refractivity contribution is 7.91. The number of hydrogen-bond donors (Lipinski definition) is 1. The first-order chi connectivity index (χ1) is 8.93. The van der Waals surface area contributed by atoms with Crippen molar-refractivity contribution in [1.29, 1.82) is 0 Å². The van der Waals surface area contributed by atoms with Crippen LogP contribution in [0.4, 0.5) is 5.69 Å². The number of aromatic nitrogens is 2. The summed E-state index contributed by atoms with van der Waals surface area (Å²) in [5.74, 6) is -0.148. The third-order valence-corrected chi connectivity index (χ3v) is 4.87. The van der Waals surface area contributed by atoms with Crippen molar-refractivity contribution in [3.8, 4) is 0 Å². The van der Waals surface area contributed by atoms with Gasteiger partial charge in [-0.15, -0.1) is 0 Å². The Morgan fingerprint density at radius 2 is 2.16 bits per heavy atom. The van der Waals surface area contributed by atoms with Crippen molar-refractivity contribution >= 4 is 21.4 Å². The quantitative estimate of drug-likeness (QED) is 0.808. The summed E-state index contributed by atoms with van der Waals surface area (Å²) in [4.78, 5) is 13.8. The van der Waals surface area contributed by atoms with Gasteiger partial charge in [0.1, 0.15) is 0 Å². The largest absolute Gasteiger partial charge is 0.396 e. The highest BCUT2D eigenvalue weighted by Gasteiger charge is 2.26. The predicted molar refractivity (Wildman–Crippen MR) is 71.5 cm³/mol. The Balaban J connectivity index is 2.17. The number of aryl methyl sites for hydroxylation is 1. The zero-order chi connectivity index (χ0) is 14.0. The molecule has 0 radical (unpaired) electrons. The van der Waals surface area contributed by atoms with E-state index in [0.29, 0.717) is 25.2 Å². The second-order valence-electron chi connectivity index (χ2n) is 4.59. The average Bonchev–Trinajstić information content (AvgIpc) is 2.63. The maximum Gasteiger partial charge on any atom is 0.276 e. The van der Waals surface area contributed by atoms with Gasteiger partial charge in [0.15, 0.2) is 15.5 Å². The molecule has 2 rings (SSSR count). The van der Waals surface area contributed by atoms with Gasteiger partial charge < -0.3 is 10.6 Å². The highest BCUT2D eigenvalue weighted by atomic mass is 32.2. The molecule has 1 fully saturated rings. The number of sulfone groups is 1. The first-order valence-electron chi connectivity index (χ1n) is 6.25. The number of amides is 1. The Bertz CT molecular complexity index is 579. The van der Waals surface area contributed by atoms with Crippen molar-refractivity contribution < 1.29 is 13.2 Å². The van der Waals surface area contributed by atoms with Crippen LogP contribution in [0.5, 0.6) is 0 Å². The molecule has 1 amide bonds. The van der Waals surface area contributed by atoms with E-state index in [1.807, 2.05) is 6.92 Å². The molecule has 0 aromatic carbocycles. The summed E-state index contributed by atoms with van der Waals surface area (Å²) in [5.41, 5.74) is 6.31. The molecular weight excluding hydrogens is 268 g/mol. The highest BCUT2D eigenvalue weighted by Crippen LogP contribution is 2.14. The lowest BCUT2D eigenvalue weighted by Gasteiger charge is -2.18. The van der Waals surface area contributed by atoms with Crippen LogP contribution in [0.3, 0.4) is 0 Å². The molecule has 7 nitrogen and oxygen atoms in total. The summed E-state index contributed by atoms with van der Waals surface area (Å²) in [5, 5.41) is 4.12. The van der Waals surface area contributed by atoms with Gasteiger partial charge in [0.25, 0.3) is 5.91 Å². The molecule has 1 aliphatic rings. The third kappa shape index (κ3) is 3.06. The van der Waals surface area contributed by atoms with Gasteiger partial charge in [-0.25, -0.2) is 8.42 Å². The lowest BCUT2D eigenvalue weighted by molar-refractivity contribution is 0.0762. The average molecular weight is 286 g/mol. The fourth-order valence-corrected chi connectivity index (χ4v) is 3.33. The molecule has 0 unspecified atom stereocenters. The lowest BCUT2D eigenvalue weighted by Crippen LogP contribution is -2.34. The van der Waals surface area contributed by atoms with Gasteiger partial charge in [-0.05, 0) is 13.3 Å². The minimum absolute atomic E-state index is 0.00707. The second-order valence-corrected chi connectivity index (χ2v) is 6.89. The van der Waals surface area contributed by atoms with Crippen molar-refractivity contribution in [3.05, 3.63) is 11.9 Å². The second kappa shape index (κ2) is 5.20. The molecule has 1 aliphatic heterocycles. The standard InChI is InChI=1S/C11H18N4O3S/c1-2-15-8-9(12)10(13-15)11(16)14-4-3-6-19(17,18)7-5-14/h8H,2-7,12H2,1H3. The summed E-state index contributed by atoms with van der Waals surface area (Å²) in [6.45, 7) is 3.17. The van der Waals surface area contributed by atoms with Gasteiger partial charge in [0.05, 0.1) is 17.2 Å². The van der Waals surface area contributed by atoms with Crippen LogP contribution < -0.4 is 5.73 Å². The van der Waals surface area contributed by atoms with Crippen LogP contribution >= 0.6 is 0 Å². The zero-order valence-electron chi connectivity index (χ0n) is 10.9. The number of hydrogen-bond acceptors (Lipinski definition) is 5. The maximum absolute atomic E-state index is 12.3. The normalized spacial score (nSPS) is 19.1. The molecule has 0 saturated carbocycles. The Morgan fingerprint density at radius 3 is 2.79 bits per heavy atom. The SMILES string of the molecule is CCn1cc(N)c(C(=O)N2CCCS(=O)(=O)CC2)n1. The van der Waals surface area contributed by atoms with Crippen LogP contribution in [-0.4, -0.2) is 53.6 Å². The molecule has 106 valence electrons. The van der Waals surface area contributed by atoms with E-state index in [0.717, 1.165) is 0 Å². The van der Waals surface area contributed by atoms with Crippen molar-refractivity contribution in [1.82, 2.24) is 14.7 Å². The predicted octanol–water partition coefficient (Wildman–Crippen LogP) is -0.254. The molecule has 0 atom stereocenters. The van der Waals surface area contributed by atoms with Crippen molar-refractivity contribution in [2.75, 3.05) is 30.3 Å². The Labute approximate surface area is 112 Å². The molecule has 1 aromatic rings. The van der Waals surface area contributed by atoms with Gasteiger partial charge in [0.2, 0.25) is 0 Å². The van der Waals surface area contributed by atoms with E-state index in [1.165, 1.54) is 4.90 Å². The number of nitrogens with two attached hydrogens (primary N) is 1. The number of carbonyl (C=O) groups excluding carboxylic acids is 1. The third-order valence-electron chi connectivity index (χ3n) is 3.16. The Kier molecular flexibility index (Phi) is 3.79. The molecular formula is C11H18N4O3S. The van der Waals surface area contributed by atoms with Crippen LogP contribution in [0.25, 0.3) is 0 Å². The van der Waals surface area contributed by atoms with Gasteiger partial charge in [-0.2, -0.15) is 5.10 Å². The van der Waals surface area contributed by atoms with E-state index in [9.17, 15) is 13.2 Å². The van der Waals surface area contributed by atoms with E-state index in [-0.39, 0.29) is 29.7 Å². The fourth-order valence-electron chi connectivity index (χ4n) is 2.06. The van der Waals surface area contributed by atoms with Crippen LogP contribution in [0.15, 0.2) is 6.20 Å². The van der Waals surface area contributed by atoms with Gasteiger partial charge >= 0.3 is 0 Å². The molecule has 1 saturated heterocycles. The minimum atomic E-state index is -3.03. The Morgan fingerprint density at radius 1 is 1.42 bits per heavy atom. The van der Waals surface area contributed by atoms with Gasteiger partial charge in [0, 0.05) is 25.8 Å². The van der Waals surface area contributed by atoms with E-state index >= 15 is 0 Å². The van der Waals surface area contributed by atoms with E-state index < -0.39 is 9.84 Å². The van der Waals surface area contributed by atoms with Crippen LogP contribution in [0, 0.1) is 0 Å². The maximum atomic E-state index is 12.3. The summed E-state index contributed by atoms with van der Waals surface area (Å²) in [6.07, 6.45) is 2.07. The smallest absolute Gasteiger partial charge is 0.276 e. The van der Waals surface area contributed by atoms with Crippen molar-refractivity contribution in [2.24, 2.45) is 0 Å². The fraction of sp³-hybridized carbons (Fsp3) is 0.636. The molecule has 2 heterocycles. The molecule has 0 aliphatic carbocycles. The first kappa shape index (κ1) is 13.9. The first-order valence-corrected chi connectivity index (χ1v) is 8.07. The van der Waals surface area contributed by atoms with Gasteiger partial charge in [-0.1, -0.05) is 0 Å². The van der Waals surface area contributed by atoms with Crippen LogP contribution in [-0.2, 0) is 16.4 Å². The zero-order valence-corrected chi connectivity index (χ0v) is 11.7. The molecule has 1 aromatic heterocycles. The summed E-state index contributed by atoms with van der Waals surface area (Å²) >= 11 is 0. The number of carbonyl (C=O) groups is 1. The summed E-state index contributed by atoms with van der Waals surface area (Å²) < 4.78 is 24.6. The molecule has 2 N–H and O–H groups in total. The summed E-state index contributed by atoms with van der Waals surface area (Å²) in [7, 11) is -3.03. The number of nitrogens with zero attached hydrogens (tertiary/aromatic N) is 3. The van der Waals surface area contributed by atoms with Crippen LogP contribution in [0.2, 0.25) is 0 Å². The Hall–Kier alpha value is -1.57. The van der Waals surface area contributed by atoms with E-state index in [2.05, 4.69) is 5.10 Å². The number of nitrogen functional groups attached to an aromatic ring is 1.